The summed E-state index contributed by atoms with van der Waals surface area (Å²) in [6, 6.07) is 0. The number of H-pyrrole nitrogens is 1. The molecule has 0 atom stereocenters. The minimum absolute atomic E-state index is 0.405. The molecule has 0 saturated heterocycles. The lowest BCUT2D eigenvalue weighted by atomic mass is 10.5. The monoisotopic (exact) mass is 143 g/mol. The summed E-state index contributed by atoms with van der Waals surface area (Å²) in [5, 5.41) is 0. The second kappa shape index (κ2) is 3.22. The molecule has 1 N–H and O–H groups in total. The van der Waals surface area contributed by atoms with Gasteiger partial charge in [-0.05, 0) is 6.92 Å². The van der Waals surface area contributed by atoms with Crippen LogP contribution in [0.25, 0.3) is 0 Å². The number of aromatic amines is 1. The molecule has 4 heteroatoms. The number of aromatic nitrogens is 1. The lowest BCUT2D eigenvalue weighted by Crippen LogP contribution is -1.98. The smallest absolute Gasteiger partial charge is 0.416 e. The summed E-state index contributed by atoms with van der Waals surface area (Å²) in [5.41, 5.74) is 0.673. The fourth-order valence-electron chi connectivity index (χ4n) is 0.597. The van der Waals surface area contributed by atoms with E-state index < -0.39 is 5.76 Å². The third-order valence-electron chi connectivity index (χ3n) is 1.03. The lowest BCUT2D eigenvalue weighted by Gasteiger charge is -1.93. The molecule has 0 saturated carbocycles. The van der Waals surface area contributed by atoms with Crippen LogP contribution in [0.3, 0.4) is 0 Å². The van der Waals surface area contributed by atoms with Gasteiger partial charge in [0, 0.05) is 6.61 Å². The number of rotatable bonds is 3. The Bertz CT molecular complexity index is 237. The third-order valence-corrected chi connectivity index (χ3v) is 1.03. The van der Waals surface area contributed by atoms with E-state index in [0.717, 1.165) is 0 Å². The molecule has 0 unspecified atom stereocenters. The minimum Gasteiger partial charge on any atom is -0.416 e. The van der Waals surface area contributed by atoms with Crippen molar-refractivity contribution in [2.45, 2.75) is 13.5 Å². The van der Waals surface area contributed by atoms with Crippen LogP contribution in [-0.2, 0) is 11.3 Å². The molecule has 1 aromatic rings. The molecule has 0 bridgehead atoms. The first-order valence-corrected chi connectivity index (χ1v) is 3.07. The highest BCUT2D eigenvalue weighted by molar-refractivity contribution is 4.87. The van der Waals surface area contributed by atoms with Crippen LogP contribution in [0.15, 0.2) is 15.5 Å². The van der Waals surface area contributed by atoms with Crippen LogP contribution >= 0.6 is 0 Å². The third kappa shape index (κ3) is 1.73. The summed E-state index contributed by atoms with van der Waals surface area (Å²) < 4.78 is 9.47. The zero-order valence-corrected chi connectivity index (χ0v) is 5.72. The average molecular weight is 143 g/mol. The second-order valence-electron chi connectivity index (χ2n) is 1.81. The van der Waals surface area contributed by atoms with Gasteiger partial charge in [0.2, 0.25) is 0 Å². The number of ether oxygens (including phenoxy) is 1. The zero-order valence-electron chi connectivity index (χ0n) is 5.72. The van der Waals surface area contributed by atoms with Crippen LogP contribution in [0.4, 0.5) is 0 Å². The van der Waals surface area contributed by atoms with Gasteiger partial charge in [-0.2, -0.15) is 0 Å². The van der Waals surface area contributed by atoms with Crippen molar-refractivity contribution in [1.29, 1.82) is 0 Å². The van der Waals surface area contributed by atoms with Gasteiger partial charge in [-0.25, -0.2) is 4.79 Å². The van der Waals surface area contributed by atoms with Crippen molar-refractivity contribution in [2.24, 2.45) is 0 Å². The van der Waals surface area contributed by atoms with E-state index in [1.807, 2.05) is 6.92 Å². The number of hydrogen-bond acceptors (Lipinski definition) is 3. The molecule has 0 aliphatic rings. The Labute approximate surface area is 57.8 Å². The Morgan fingerprint density at radius 3 is 3.10 bits per heavy atom. The summed E-state index contributed by atoms with van der Waals surface area (Å²) in [4.78, 5) is 12.8. The molecule has 0 fully saturated rings. The van der Waals surface area contributed by atoms with E-state index in [4.69, 9.17) is 4.74 Å². The SMILES string of the molecule is CCOCc1coc(=O)[nH]1. The topological polar surface area (TPSA) is 55.2 Å². The fraction of sp³-hybridized carbons (Fsp3) is 0.500. The van der Waals surface area contributed by atoms with Crippen LogP contribution in [0.5, 0.6) is 0 Å². The highest BCUT2D eigenvalue weighted by atomic mass is 16.5. The van der Waals surface area contributed by atoms with Crippen molar-refractivity contribution < 1.29 is 9.15 Å². The summed E-state index contributed by atoms with van der Waals surface area (Å²) in [5.74, 6) is -0.435. The molecular formula is C6H9NO3. The van der Waals surface area contributed by atoms with E-state index in [2.05, 4.69) is 9.40 Å². The molecule has 0 aliphatic heterocycles. The van der Waals surface area contributed by atoms with Crippen LogP contribution in [0.1, 0.15) is 12.6 Å². The van der Waals surface area contributed by atoms with Gasteiger partial charge < -0.3 is 9.15 Å². The van der Waals surface area contributed by atoms with E-state index in [1.54, 1.807) is 0 Å². The van der Waals surface area contributed by atoms with Gasteiger partial charge in [-0.15, -0.1) is 0 Å². The summed E-state index contributed by atoms with van der Waals surface area (Å²) >= 11 is 0. The Hall–Kier alpha value is -1.03. The summed E-state index contributed by atoms with van der Waals surface area (Å²) in [6.45, 7) is 2.92. The number of nitrogens with one attached hydrogen (secondary N) is 1. The first-order chi connectivity index (χ1) is 4.83. The van der Waals surface area contributed by atoms with Gasteiger partial charge in [-0.1, -0.05) is 0 Å². The highest BCUT2D eigenvalue weighted by Gasteiger charge is 1.94. The van der Waals surface area contributed by atoms with Gasteiger partial charge in [0.15, 0.2) is 0 Å². The van der Waals surface area contributed by atoms with Gasteiger partial charge in [0.25, 0.3) is 0 Å². The largest absolute Gasteiger partial charge is 0.416 e. The molecule has 4 nitrogen and oxygen atoms in total. The second-order valence-corrected chi connectivity index (χ2v) is 1.81. The quantitative estimate of drug-likeness (QED) is 0.670. The molecule has 0 amide bonds. The molecule has 1 rings (SSSR count). The molecule has 0 aliphatic carbocycles. The van der Waals surface area contributed by atoms with Crippen LogP contribution in [0, 0.1) is 0 Å². The van der Waals surface area contributed by atoms with Crippen LogP contribution < -0.4 is 5.76 Å². The van der Waals surface area contributed by atoms with E-state index >= 15 is 0 Å². The molecule has 1 aromatic heterocycles. The maximum absolute atomic E-state index is 10.4. The van der Waals surface area contributed by atoms with Gasteiger partial charge in [-0.3, -0.25) is 4.98 Å². The Kier molecular flexibility index (Phi) is 2.28. The molecule has 10 heavy (non-hydrogen) atoms. The van der Waals surface area contributed by atoms with E-state index in [1.165, 1.54) is 6.26 Å². The minimum atomic E-state index is -0.435. The van der Waals surface area contributed by atoms with Gasteiger partial charge in [0.05, 0.1) is 12.3 Å². The Morgan fingerprint density at radius 2 is 2.60 bits per heavy atom. The van der Waals surface area contributed by atoms with Crippen molar-refractivity contribution in [2.75, 3.05) is 6.61 Å². The molecule has 1 heterocycles. The van der Waals surface area contributed by atoms with Crippen molar-refractivity contribution in [3.8, 4) is 0 Å². The van der Waals surface area contributed by atoms with Crippen molar-refractivity contribution in [1.82, 2.24) is 4.98 Å². The van der Waals surface area contributed by atoms with Crippen molar-refractivity contribution >= 4 is 0 Å². The lowest BCUT2D eigenvalue weighted by molar-refractivity contribution is 0.131. The molecule has 0 radical (unpaired) electrons. The van der Waals surface area contributed by atoms with E-state index in [-0.39, 0.29) is 0 Å². The number of oxazole rings is 1. The fourth-order valence-corrected chi connectivity index (χ4v) is 0.597. The molecule has 56 valence electrons. The predicted molar refractivity (Wildman–Crippen MR) is 34.7 cm³/mol. The molecule has 0 spiro atoms. The first-order valence-electron chi connectivity index (χ1n) is 3.07. The Morgan fingerprint density at radius 1 is 1.80 bits per heavy atom. The molecule has 0 aromatic carbocycles. The highest BCUT2D eigenvalue weighted by Crippen LogP contribution is 1.92. The maximum Gasteiger partial charge on any atom is 0.416 e. The zero-order chi connectivity index (χ0) is 7.40. The summed E-state index contributed by atoms with van der Waals surface area (Å²) in [6.07, 6.45) is 1.36. The normalized spacial score (nSPS) is 10.1. The van der Waals surface area contributed by atoms with E-state index in [0.29, 0.717) is 18.9 Å². The van der Waals surface area contributed by atoms with Crippen LogP contribution in [-0.4, -0.2) is 11.6 Å². The first kappa shape index (κ1) is 7.08. The maximum atomic E-state index is 10.4. The average Bonchev–Trinajstić information content (AvgIpc) is 2.31. The standard InChI is InChI=1S/C6H9NO3/c1-2-9-3-5-4-10-6(8)7-5/h4H,2-3H2,1H3,(H,7,8). The predicted octanol–water partition coefficient (Wildman–Crippen LogP) is 0.504. The summed E-state index contributed by atoms with van der Waals surface area (Å²) in [7, 11) is 0. The van der Waals surface area contributed by atoms with Crippen LogP contribution in [0.2, 0.25) is 0 Å². The van der Waals surface area contributed by atoms with Crippen molar-refractivity contribution in [3.63, 3.8) is 0 Å². The van der Waals surface area contributed by atoms with Gasteiger partial charge >= 0.3 is 5.76 Å². The molecular weight excluding hydrogens is 134 g/mol. The van der Waals surface area contributed by atoms with E-state index in [9.17, 15) is 4.79 Å². The Balaban J connectivity index is 2.50. The van der Waals surface area contributed by atoms with Gasteiger partial charge in [0.1, 0.15) is 6.26 Å². The number of hydrogen-bond donors (Lipinski definition) is 1. The van der Waals surface area contributed by atoms with Crippen molar-refractivity contribution in [3.05, 3.63) is 22.5 Å².